The second-order valence-corrected chi connectivity index (χ2v) is 26.2. The van der Waals surface area contributed by atoms with E-state index in [0.29, 0.717) is 34.6 Å². The van der Waals surface area contributed by atoms with Crippen molar-refractivity contribution in [3.8, 4) is 0 Å². The van der Waals surface area contributed by atoms with E-state index in [9.17, 15) is 10.2 Å². The minimum atomic E-state index is -0.164. The molecule has 4 aliphatic heterocycles. The van der Waals surface area contributed by atoms with E-state index in [0.717, 1.165) is 103 Å². The Hall–Kier alpha value is -0.680. The molecular weight excluding hydrogens is 733 g/mol. The van der Waals surface area contributed by atoms with Crippen LogP contribution in [0.5, 0.6) is 0 Å². The normalized spacial score (nSPS) is 58.7. The average Bonchev–Trinajstić information content (AvgIpc) is 3.88. The monoisotopic (exact) mass is 825 g/mol. The van der Waals surface area contributed by atoms with E-state index in [2.05, 4.69) is 84.3 Å². The van der Waals surface area contributed by atoms with Crippen molar-refractivity contribution >= 4 is 0 Å². The van der Waals surface area contributed by atoms with E-state index in [1.165, 1.54) is 102 Å². The molecule has 0 aromatic heterocycles. The highest BCUT2D eigenvalue weighted by Crippen LogP contribution is 2.72. The van der Waals surface area contributed by atoms with Gasteiger partial charge in [0.1, 0.15) is 0 Å². The van der Waals surface area contributed by atoms with Crippen LogP contribution in [0.25, 0.3) is 0 Å². The number of aliphatic hydroxyl groups excluding tert-OH is 2. The van der Waals surface area contributed by atoms with Gasteiger partial charge in [-0.3, -0.25) is 9.80 Å². The molecule has 4 heteroatoms. The molecule has 60 heavy (non-hydrogen) atoms. The molecule has 4 heterocycles. The van der Waals surface area contributed by atoms with Gasteiger partial charge in [0.25, 0.3) is 0 Å². The van der Waals surface area contributed by atoms with Crippen LogP contribution in [0.4, 0.5) is 0 Å². The van der Waals surface area contributed by atoms with Gasteiger partial charge in [-0.25, -0.2) is 0 Å². The minimum Gasteiger partial charge on any atom is -0.393 e. The van der Waals surface area contributed by atoms with Crippen molar-refractivity contribution in [2.45, 2.75) is 215 Å². The van der Waals surface area contributed by atoms with Gasteiger partial charge in [-0.05, 0) is 202 Å². The number of rotatable bonds is 0. The van der Waals surface area contributed by atoms with Gasteiger partial charge in [-0.15, -0.1) is 0 Å². The third-order valence-corrected chi connectivity index (χ3v) is 23.8. The number of nitrogens with zero attached hydrogens (tertiary/aromatic N) is 2. The van der Waals surface area contributed by atoms with Crippen molar-refractivity contribution < 1.29 is 10.2 Å². The lowest BCUT2D eigenvalue weighted by Gasteiger charge is -2.60. The first-order valence-electron chi connectivity index (χ1n) is 26.3. The molecule has 23 unspecified atom stereocenters. The number of hydrogen-bond acceptors (Lipinski definition) is 4. The summed E-state index contributed by atoms with van der Waals surface area (Å²) in [5, 5.41) is 22.1. The summed E-state index contributed by atoms with van der Waals surface area (Å²) in [6.07, 6.45) is 27.4. The topological polar surface area (TPSA) is 46.9 Å². The first-order chi connectivity index (χ1) is 28.1. The standard InChI is InChI=1S/C28H45N.C27H43NO2.CH4/c1-17-10-12-27(4)20(14-17)7-8-21-22(27)11-13-28(5)23(21)15-25-26(28)19(3)24-9-6-18(2)16-29(24)25;1-15-5-8-22-16(2)25-23(28(22)14-15)12-21-19-7-6-17-11-18(29)9-10-26(17,3)20(19)13-24(30)27(21,25)4;/h7,17-19,21-26H,6,8-16H2,1-5H3;6,15-16,18-25,29-30H,5,7-14H2,1-4H3;1H4. The van der Waals surface area contributed by atoms with E-state index in [1.807, 2.05) is 5.57 Å². The second-order valence-electron chi connectivity index (χ2n) is 26.2. The van der Waals surface area contributed by atoms with Crippen LogP contribution in [0.3, 0.4) is 0 Å². The minimum absolute atomic E-state index is 0. The summed E-state index contributed by atoms with van der Waals surface area (Å²) in [5.41, 5.74) is 4.84. The molecule has 338 valence electrons. The van der Waals surface area contributed by atoms with Crippen LogP contribution in [0.1, 0.15) is 179 Å². The van der Waals surface area contributed by atoms with Gasteiger partial charge >= 0.3 is 0 Å². The molecule has 4 saturated heterocycles. The Bertz CT molecular complexity index is 1700. The summed E-state index contributed by atoms with van der Waals surface area (Å²) in [6.45, 7) is 25.7. The van der Waals surface area contributed by atoms with Crippen LogP contribution in [0.2, 0.25) is 0 Å². The summed E-state index contributed by atoms with van der Waals surface area (Å²) in [5.74, 6) is 10.9. The molecule has 12 rings (SSSR count). The van der Waals surface area contributed by atoms with E-state index in [-0.39, 0.29) is 30.5 Å². The van der Waals surface area contributed by atoms with Crippen LogP contribution in [-0.2, 0) is 0 Å². The summed E-state index contributed by atoms with van der Waals surface area (Å²) in [6, 6.07) is 3.28. The Morgan fingerprint density at radius 3 is 1.75 bits per heavy atom. The predicted octanol–water partition coefficient (Wildman–Crippen LogP) is 12.2. The maximum Gasteiger partial charge on any atom is 0.0603 e. The molecule has 23 atom stereocenters. The fourth-order valence-electron chi connectivity index (χ4n) is 20.9. The van der Waals surface area contributed by atoms with Crippen LogP contribution < -0.4 is 0 Å². The van der Waals surface area contributed by atoms with Gasteiger partial charge < -0.3 is 10.2 Å². The first-order valence-corrected chi connectivity index (χ1v) is 26.3. The predicted molar refractivity (Wildman–Crippen MR) is 248 cm³/mol. The lowest BCUT2D eigenvalue weighted by molar-refractivity contribution is -0.135. The van der Waals surface area contributed by atoms with Crippen LogP contribution in [0.15, 0.2) is 23.3 Å². The molecule has 0 aromatic rings. The van der Waals surface area contributed by atoms with Crippen molar-refractivity contribution in [1.82, 2.24) is 9.80 Å². The summed E-state index contributed by atoms with van der Waals surface area (Å²) >= 11 is 0. The zero-order chi connectivity index (χ0) is 41.1. The number of allylic oxidation sites excluding steroid dienone is 3. The Morgan fingerprint density at radius 2 is 1.08 bits per heavy atom. The van der Waals surface area contributed by atoms with Crippen molar-refractivity contribution in [1.29, 1.82) is 0 Å². The second kappa shape index (κ2) is 14.9. The summed E-state index contributed by atoms with van der Waals surface area (Å²) < 4.78 is 0. The van der Waals surface area contributed by atoms with E-state index < -0.39 is 0 Å². The third-order valence-electron chi connectivity index (χ3n) is 23.8. The van der Waals surface area contributed by atoms with Crippen molar-refractivity contribution in [3.05, 3.63) is 23.3 Å². The zero-order valence-electron chi connectivity index (χ0n) is 39.3. The largest absolute Gasteiger partial charge is 0.393 e. The molecule has 10 fully saturated rings. The molecule has 4 nitrogen and oxygen atoms in total. The van der Waals surface area contributed by atoms with Gasteiger partial charge in [-0.2, -0.15) is 0 Å². The third kappa shape index (κ3) is 5.92. The zero-order valence-corrected chi connectivity index (χ0v) is 39.3. The first kappa shape index (κ1) is 43.2. The molecule has 6 saturated carbocycles. The van der Waals surface area contributed by atoms with E-state index in [4.69, 9.17) is 0 Å². The average molecular weight is 825 g/mol. The Kier molecular flexibility index (Phi) is 10.7. The van der Waals surface area contributed by atoms with E-state index in [1.54, 1.807) is 0 Å². The van der Waals surface area contributed by atoms with Gasteiger partial charge in [0.2, 0.25) is 0 Å². The molecular formula is C56H92N2O2. The van der Waals surface area contributed by atoms with Crippen LogP contribution >= 0.6 is 0 Å². The summed E-state index contributed by atoms with van der Waals surface area (Å²) in [4.78, 5) is 5.97. The van der Waals surface area contributed by atoms with E-state index >= 15 is 0 Å². The molecule has 2 N–H and O–H groups in total. The van der Waals surface area contributed by atoms with Crippen LogP contribution in [0, 0.1) is 98.6 Å². The highest BCUT2D eigenvalue weighted by molar-refractivity contribution is 5.29. The fourth-order valence-corrected chi connectivity index (χ4v) is 20.9. The maximum atomic E-state index is 11.8. The van der Waals surface area contributed by atoms with Gasteiger partial charge in [-0.1, -0.05) is 93.0 Å². The summed E-state index contributed by atoms with van der Waals surface area (Å²) in [7, 11) is 0. The molecule has 0 amide bonds. The lowest BCUT2D eigenvalue weighted by Crippen LogP contribution is -2.57. The highest BCUT2D eigenvalue weighted by Gasteiger charge is 2.70. The van der Waals surface area contributed by atoms with Gasteiger partial charge in [0, 0.05) is 42.7 Å². The van der Waals surface area contributed by atoms with Crippen molar-refractivity contribution in [3.63, 3.8) is 0 Å². The molecule has 8 aliphatic carbocycles. The highest BCUT2D eigenvalue weighted by atomic mass is 16.3. The number of aliphatic hydroxyl groups is 2. The SMILES string of the molecule is C.CC1CCC2(C)C(=CCC3C2CCC2(C)C3CC3C2C(C)C2CCC(C)CN23)C1.CC1CCC2C(C)C3C(CC4C5CC=C6CC(O)CCC6(C)C5CC(O)C43C)N2C1. The molecule has 0 aromatic carbocycles. The smallest absolute Gasteiger partial charge is 0.0603 e. The van der Waals surface area contributed by atoms with Gasteiger partial charge in [0.15, 0.2) is 0 Å². The Balaban J connectivity index is 0.000000142. The molecule has 0 spiro atoms. The van der Waals surface area contributed by atoms with Crippen LogP contribution in [-0.4, -0.2) is 69.5 Å². The lowest BCUT2D eigenvalue weighted by atomic mass is 9.46. The quantitative estimate of drug-likeness (QED) is 0.239. The number of hydrogen-bond donors (Lipinski definition) is 2. The van der Waals surface area contributed by atoms with Crippen molar-refractivity contribution in [2.75, 3.05) is 13.1 Å². The Morgan fingerprint density at radius 1 is 0.533 bits per heavy atom. The maximum absolute atomic E-state index is 11.8. The van der Waals surface area contributed by atoms with Crippen molar-refractivity contribution in [2.24, 2.45) is 98.6 Å². The Labute approximate surface area is 368 Å². The molecule has 12 aliphatic rings. The molecule has 0 radical (unpaired) electrons. The molecule has 0 bridgehead atoms. The number of piperidine rings is 2. The van der Waals surface area contributed by atoms with Gasteiger partial charge in [0.05, 0.1) is 12.2 Å². The number of fused-ring (bicyclic) bond motifs is 18. The fraction of sp³-hybridized carbons (Fsp3) is 0.929.